The molecule has 0 saturated heterocycles. The largest absolute Gasteiger partial charge is 0.357 e. The van der Waals surface area contributed by atoms with Crippen LogP contribution >= 0.6 is 23.2 Å². The standard InChI is InChI=1S/C21H24Cl2N2O2/c1-14-7-9-16(10-8-14)11-12-20(26)25(15(2)21(27)24-3)13-17-18(22)5-4-6-19(17)23/h4-10,15H,11-13H2,1-3H3,(H,24,27)/t15-/m1/s1. The van der Waals surface area contributed by atoms with Gasteiger partial charge in [0.25, 0.3) is 0 Å². The highest BCUT2D eigenvalue weighted by molar-refractivity contribution is 6.36. The second kappa shape index (κ2) is 9.77. The van der Waals surface area contributed by atoms with E-state index in [1.165, 1.54) is 10.5 Å². The van der Waals surface area contributed by atoms with Crippen molar-refractivity contribution >= 4 is 35.0 Å². The van der Waals surface area contributed by atoms with E-state index in [0.29, 0.717) is 28.5 Å². The number of hydrogen-bond acceptors (Lipinski definition) is 2. The fourth-order valence-electron chi connectivity index (χ4n) is 2.79. The molecule has 6 heteroatoms. The lowest BCUT2D eigenvalue weighted by atomic mass is 10.1. The summed E-state index contributed by atoms with van der Waals surface area (Å²) in [6.07, 6.45) is 0.902. The minimum atomic E-state index is -0.632. The number of carbonyl (C=O) groups is 2. The lowest BCUT2D eigenvalue weighted by molar-refractivity contribution is -0.140. The molecule has 2 aromatic carbocycles. The van der Waals surface area contributed by atoms with E-state index in [1.54, 1.807) is 32.2 Å². The Kier molecular flexibility index (Phi) is 7.69. The molecule has 1 N–H and O–H groups in total. The molecule has 0 aliphatic rings. The molecule has 0 aliphatic heterocycles. The van der Waals surface area contributed by atoms with Crippen LogP contribution in [-0.2, 0) is 22.6 Å². The summed E-state index contributed by atoms with van der Waals surface area (Å²) in [5, 5.41) is 3.55. The van der Waals surface area contributed by atoms with Crippen molar-refractivity contribution in [2.24, 2.45) is 0 Å². The number of rotatable bonds is 7. The van der Waals surface area contributed by atoms with Gasteiger partial charge in [-0.3, -0.25) is 9.59 Å². The number of likely N-dealkylation sites (N-methyl/N-ethyl adjacent to an activating group) is 1. The van der Waals surface area contributed by atoms with Crippen LogP contribution in [0.25, 0.3) is 0 Å². The van der Waals surface area contributed by atoms with Crippen molar-refractivity contribution < 1.29 is 9.59 Å². The Morgan fingerprint density at radius 2 is 1.67 bits per heavy atom. The van der Waals surface area contributed by atoms with Crippen LogP contribution in [0.1, 0.15) is 30.0 Å². The van der Waals surface area contributed by atoms with E-state index >= 15 is 0 Å². The Hall–Kier alpha value is -2.04. The number of carbonyl (C=O) groups excluding carboxylic acids is 2. The highest BCUT2D eigenvalue weighted by Gasteiger charge is 2.26. The van der Waals surface area contributed by atoms with Crippen molar-refractivity contribution in [1.29, 1.82) is 0 Å². The molecule has 0 unspecified atom stereocenters. The molecule has 4 nitrogen and oxygen atoms in total. The third-order valence-corrected chi connectivity index (χ3v) is 5.26. The Balaban J connectivity index is 2.19. The number of aryl methyl sites for hydroxylation is 2. The fourth-order valence-corrected chi connectivity index (χ4v) is 3.31. The van der Waals surface area contributed by atoms with Crippen molar-refractivity contribution in [3.63, 3.8) is 0 Å². The summed E-state index contributed by atoms with van der Waals surface area (Å²) >= 11 is 12.5. The summed E-state index contributed by atoms with van der Waals surface area (Å²) in [7, 11) is 1.55. The van der Waals surface area contributed by atoms with Gasteiger partial charge in [-0.1, -0.05) is 59.1 Å². The van der Waals surface area contributed by atoms with Crippen LogP contribution in [0.2, 0.25) is 10.0 Å². The molecule has 0 aromatic heterocycles. The zero-order valence-corrected chi connectivity index (χ0v) is 17.3. The van der Waals surface area contributed by atoms with Gasteiger partial charge < -0.3 is 10.2 Å². The number of benzene rings is 2. The number of nitrogens with zero attached hydrogens (tertiary/aromatic N) is 1. The maximum Gasteiger partial charge on any atom is 0.242 e. The fraction of sp³-hybridized carbons (Fsp3) is 0.333. The molecular weight excluding hydrogens is 383 g/mol. The first-order valence-electron chi connectivity index (χ1n) is 8.83. The van der Waals surface area contributed by atoms with Gasteiger partial charge in [-0.25, -0.2) is 0 Å². The summed E-state index contributed by atoms with van der Waals surface area (Å²) in [4.78, 5) is 26.6. The van der Waals surface area contributed by atoms with Gasteiger partial charge in [-0.2, -0.15) is 0 Å². The van der Waals surface area contributed by atoms with Crippen LogP contribution in [0.3, 0.4) is 0 Å². The van der Waals surface area contributed by atoms with Crippen LogP contribution in [0, 0.1) is 6.92 Å². The number of nitrogens with one attached hydrogen (secondary N) is 1. The lowest BCUT2D eigenvalue weighted by Gasteiger charge is -2.29. The van der Waals surface area contributed by atoms with E-state index in [1.807, 2.05) is 31.2 Å². The molecule has 0 radical (unpaired) electrons. The Morgan fingerprint density at radius 3 is 2.22 bits per heavy atom. The highest BCUT2D eigenvalue weighted by atomic mass is 35.5. The molecule has 0 heterocycles. The van der Waals surface area contributed by atoms with Gasteiger partial charge in [0.1, 0.15) is 6.04 Å². The molecule has 0 aliphatic carbocycles. The molecule has 0 fully saturated rings. The lowest BCUT2D eigenvalue weighted by Crippen LogP contribution is -2.46. The first-order chi connectivity index (χ1) is 12.8. The molecule has 0 bridgehead atoms. The normalized spacial score (nSPS) is 11.7. The average Bonchev–Trinajstić information content (AvgIpc) is 2.66. The predicted molar refractivity (Wildman–Crippen MR) is 110 cm³/mol. The van der Waals surface area contributed by atoms with Crippen molar-refractivity contribution in [2.45, 2.75) is 39.3 Å². The molecule has 1 atom stereocenters. The van der Waals surface area contributed by atoms with E-state index in [4.69, 9.17) is 23.2 Å². The second-order valence-corrected chi connectivity index (χ2v) is 7.31. The van der Waals surface area contributed by atoms with Crippen LogP contribution < -0.4 is 5.32 Å². The zero-order chi connectivity index (χ0) is 20.0. The second-order valence-electron chi connectivity index (χ2n) is 6.50. The van der Waals surface area contributed by atoms with Crippen molar-refractivity contribution in [3.8, 4) is 0 Å². The van der Waals surface area contributed by atoms with E-state index in [0.717, 1.165) is 5.56 Å². The van der Waals surface area contributed by atoms with E-state index < -0.39 is 6.04 Å². The number of halogens is 2. The van der Waals surface area contributed by atoms with Crippen LogP contribution in [0.15, 0.2) is 42.5 Å². The monoisotopic (exact) mass is 406 g/mol. The van der Waals surface area contributed by atoms with Gasteiger partial charge >= 0.3 is 0 Å². The molecular formula is C21H24Cl2N2O2. The Labute approximate surface area is 170 Å². The summed E-state index contributed by atoms with van der Waals surface area (Å²) < 4.78 is 0. The third kappa shape index (κ3) is 5.72. The van der Waals surface area contributed by atoms with Crippen molar-refractivity contribution in [1.82, 2.24) is 10.2 Å². The molecule has 0 saturated carbocycles. The minimum absolute atomic E-state index is 0.123. The van der Waals surface area contributed by atoms with Gasteiger partial charge in [0.15, 0.2) is 0 Å². The van der Waals surface area contributed by atoms with Crippen molar-refractivity contribution in [3.05, 3.63) is 69.2 Å². The van der Waals surface area contributed by atoms with E-state index in [-0.39, 0.29) is 18.4 Å². The zero-order valence-electron chi connectivity index (χ0n) is 15.8. The maximum absolute atomic E-state index is 12.9. The van der Waals surface area contributed by atoms with Crippen molar-refractivity contribution in [2.75, 3.05) is 7.05 Å². The highest BCUT2D eigenvalue weighted by Crippen LogP contribution is 2.27. The molecule has 0 spiro atoms. The van der Waals surface area contributed by atoms with E-state index in [2.05, 4.69) is 5.32 Å². The summed E-state index contributed by atoms with van der Waals surface area (Å²) in [5.74, 6) is -0.357. The molecule has 144 valence electrons. The Bertz CT molecular complexity index is 786. The number of amides is 2. The molecule has 2 rings (SSSR count). The first-order valence-corrected chi connectivity index (χ1v) is 9.58. The Morgan fingerprint density at radius 1 is 1.07 bits per heavy atom. The first kappa shape index (κ1) is 21.3. The van der Waals surface area contributed by atoms with Crippen LogP contribution in [0.5, 0.6) is 0 Å². The topological polar surface area (TPSA) is 49.4 Å². The molecule has 2 aromatic rings. The maximum atomic E-state index is 12.9. The predicted octanol–water partition coefficient (Wildman–Crippen LogP) is 4.40. The quantitative estimate of drug-likeness (QED) is 0.740. The van der Waals surface area contributed by atoms with Gasteiger partial charge in [0.05, 0.1) is 0 Å². The summed E-state index contributed by atoms with van der Waals surface area (Å²) in [6.45, 7) is 3.90. The molecule has 2 amide bonds. The van der Waals surface area contributed by atoms with Crippen LogP contribution in [-0.4, -0.2) is 29.8 Å². The molecule has 27 heavy (non-hydrogen) atoms. The number of hydrogen-bond donors (Lipinski definition) is 1. The summed E-state index contributed by atoms with van der Waals surface area (Å²) in [5.41, 5.74) is 2.89. The van der Waals surface area contributed by atoms with E-state index in [9.17, 15) is 9.59 Å². The summed E-state index contributed by atoms with van der Waals surface area (Å²) in [6, 6.07) is 12.6. The van der Waals surface area contributed by atoms with Gasteiger partial charge in [-0.15, -0.1) is 0 Å². The smallest absolute Gasteiger partial charge is 0.242 e. The van der Waals surface area contributed by atoms with Gasteiger partial charge in [-0.05, 0) is 38.0 Å². The average molecular weight is 407 g/mol. The third-order valence-electron chi connectivity index (χ3n) is 4.55. The van der Waals surface area contributed by atoms with Gasteiger partial charge in [0, 0.05) is 35.6 Å². The van der Waals surface area contributed by atoms with Crippen LogP contribution in [0.4, 0.5) is 0 Å². The minimum Gasteiger partial charge on any atom is -0.357 e. The SMILES string of the molecule is CNC(=O)[C@@H](C)N(Cc1c(Cl)cccc1Cl)C(=O)CCc1ccc(C)cc1. The van der Waals surface area contributed by atoms with Gasteiger partial charge in [0.2, 0.25) is 11.8 Å².